The number of pyridine rings is 1. The van der Waals surface area contributed by atoms with E-state index in [4.69, 9.17) is 0 Å². The van der Waals surface area contributed by atoms with Crippen molar-refractivity contribution in [2.24, 2.45) is 0 Å². The van der Waals surface area contributed by atoms with Crippen molar-refractivity contribution in [1.29, 1.82) is 0 Å². The van der Waals surface area contributed by atoms with Crippen molar-refractivity contribution in [1.82, 2.24) is 14.9 Å². The highest BCUT2D eigenvalue weighted by Gasteiger charge is 2.24. The van der Waals surface area contributed by atoms with Gasteiger partial charge in [-0.3, -0.25) is 9.88 Å². The highest BCUT2D eigenvalue weighted by molar-refractivity contribution is 7.09. The Morgan fingerprint density at radius 1 is 1.35 bits per heavy atom. The van der Waals surface area contributed by atoms with Crippen molar-refractivity contribution in [2.45, 2.75) is 38.6 Å². The van der Waals surface area contributed by atoms with E-state index >= 15 is 0 Å². The lowest BCUT2D eigenvalue weighted by atomic mass is 9.98. The monoisotopic (exact) mass is 287 g/mol. The molecule has 3 heterocycles. The molecule has 3 rings (SSSR count). The molecule has 2 aromatic rings. The minimum absolute atomic E-state index is 0.490. The van der Waals surface area contributed by atoms with E-state index in [0.29, 0.717) is 6.04 Å². The SMILES string of the molecule is Cc1nc(CCN2CCCC[C@@H]2c2ccccn2)cs1. The molecule has 0 unspecified atom stereocenters. The van der Waals surface area contributed by atoms with E-state index in [0.717, 1.165) is 13.0 Å². The van der Waals surface area contributed by atoms with Crippen LogP contribution in [0.15, 0.2) is 29.8 Å². The second-order valence-corrected chi connectivity index (χ2v) is 6.47. The third kappa shape index (κ3) is 3.25. The van der Waals surface area contributed by atoms with Crippen LogP contribution in [0.2, 0.25) is 0 Å². The summed E-state index contributed by atoms with van der Waals surface area (Å²) in [6, 6.07) is 6.74. The molecule has 0 radical (unpaired) electrons. The summed E-state index contributed by atoms with van der Waals surface area (Å²) in [4.78, 5) is 11.7. The number of thiazole rings is 1. The third-order valence-electron chi connectivity index (χ3n) is 3.96. The maximum atomic E-state index is 4.57. The Balaban J connectivity index is 1.66. The van der Waals surface area contributed by atoms with Crippen molar-refractivity contribution in [3.8, 4) is 0 Å². The lowest BCUT2D eigenvalue weighted by Crippen LogP contribution is -2.35. The Morgan fingerprint density at radius 2 is 2.30 bits per heavy atom. The molecule has 0 bridgehead atoms. The summed E-state index contributed by atoms with van der Waals surface area (Å²) in [7, 11) is 0. The average Bonchev–Trinajstić information content (AvgIpc) is 2.92. The van der Waals surface area contributed by atoms with Gasteiger partial charge in [0.05, 0.1) is 22.4 Å². The molecular formula is C16H21N3S. The van der Waals surface area contributed by atoms with E-state index in [9.17, 15) is 0 Å². The van der Waals surface area contributed by atoms with E-state index < -0.39 is 0 Å². The first-order valence-corrected chi connectivity index (χ1v) is 8.27. The van der Waals surface area contributed by atoms with Crippen molar-refractivity contribution in [3.05, 3.63) is 46.2 Å². The van der Waals surface area contributed by atoms with Gasteiger partial charge in [-0.2, -0.15) is 0 Å². The first-order chi connectivity index (χ1) is 9.83. The van der Waals surface area contributed by atoms with Gasteiger partial charge < -0.3 is 0 Å². The standard InChI is InChI=1S/C16H21N3S/c1-13-18-14(12-20-13)8-11-19-10-5-3-7-16(19)15-6-2-4-9-17-15/h2,4,6,9,12,16H,3,5,7-8,10-11H2,1H3/t16-/m1/s1. The Kier molecular flexibility index (Phi) is 4.43. The average molecular weight is 287 g/mol. The Labute approximate surface area is 124 Å². The van der Waals surface area contributed by atoms with Gasteiger partial charge in [0.15, 0.2) is 0 Å². The summed E-state index contributed by atoms with van der Waals surface area (Å²) >= 11 is 1.75. The summed E-state index contributed by atoms with van der Waals surface area (Å²) in [6.07, 6.45) is 6.81. The number of rotatable bonds is 4. The van der Waals surface area contributed by atoms with E-state index in [-0.39, 0.29) is 0 Å². The molecule has 1 fully saturated rings. The Hall–Kier alpha value is -1.26. The fraction of sp³-hybridized carbons (Fsp3) is 0.500. The Bertz CT molecular complexity index is 538. The maximum absolute atomic E-state index is 4.57. The number of nitrogens with zero attached hydrogens (tertiary/aromatic N) is 3. The highest BCUT2D eigenvalue weighted by Crippen LogP contribution is 2.29. The largest absolute Gasteiger partial charge is 0.294 e. The molecule has 1 aliphatic heterocycles. The van der Waals surface area contributed by atoms with Crippen LogP contribution in [0.5, 0.6) is 0 Å². The molecule has 0 aliphatic carbocycles. The summed E-state index contributed by atoms with van der Waals surface area (Å²) < 4.78 is 0. The van der Waals surface area contributed by atoms with Gasteiger partial charge in [0.25, 0.3) is 0 Å². The molecule has 0 amide bonds. The number of aromatic nitrogens is 2. The van der Waals surface area contributed by atoms with Crippen molar-refractivity contribution in [3.63, 3.8) is 0 Å². The van der Waals surface area contributed by atoms with Crippen LogP contribution in [-0.2, 0) is 6.42 Å². The van der Waals surface area contributed by atoms with Crippen molar-refractivity contribution >= 4 is 11.3 Å². The molecule has 106 valence electrons. The number of likely N-dealkylation sites (tertiary alicyclic amines) is 1. The van der Waals surface area contributed by atoms with Crippen LogP contribution in [-0.4, -0.2) is 28.0 Å². The van der Waals surface area contributed by atoms with Gasteiger partial charge >= 0.3 is 0 Å². The van der Waals surface area contributed by atoms with Crippen LogP contribution in [0.1, 0.15) is 41.7 Å². The zero-order chi connectivity index (χ0) is 13.8. The van der Waals surface area contributed by atoms with Crippen LogP contribution >= 0.6 is 11.3 Å². The van der Waals surface area contributed by atoms with Gasteiger partial charge in [0.1, 0.15) is 0 Å². The number of hydrogen-bond acceptors (Lipinski definition) is 4. The van der Waals surface area contributed by atoms with Crippen LogP contribution in [0.4, 0.5) is 0 Å². The predicted octanol–water partition coefficient (Wildman–Crippen LogP) is 3.62. The number of aryl methyl sites for hydroxylation is 1. The Morgan fingerprint density at radius 3 is 3.05 bits per heavy atom. The quantitative estimate of drug-likeness (QED) is 0.860. The number of piperidine rings is 1. The van der Waals surface area contributed by atoms with Gasteiger partial charge in [-0.05, 0) is 38.4 Å². The fourth-order valence-electron chi connectivity index (χ4n) is 2.95. The van der Waals surface area contributed by atoms with Gasteiger partial charge in [0.2, 0.25) is 0 Å². The van der Waals surface area contributed by atoms with Gasteiger partial charge in [-0.1, -0.05) is 12.5 Å². The summed E-state index contributed by atoms with van der Waals surface area (Å²) in [5, 5.41) is 3.36. The molecule has 4 heteroatoms. The molecule has 3 nitrogen and oxygen atoms in total. The minimum atomic E-state index is 0.490. The molecule has 0 saturated carbocycles. The second-order valence-electron chi connectivity index (χ2n) is 5.41. The van der Waals surface area contributed by atoms with E-state index in [2.05, 4.69) is 39.3 Å². The first kappa shape index (κ1) is 13.7. The highest BCUT2D eigenvalue weighted by atomic mass is 32.1. The third-order valence-corrected chi connectivity index (χ3v) is 4.79. The van der Waals surface area contributed by atoms with Crippen molar-refractivity contribution < 1.29 is 0 Å². The lowest BCUT2D eigenvalue weighted by Gasteiger charge is -2.35. The van der Waals surface area contributed by atoms with E-state index in [1.807, 2.05) is 12.3 Å². The normalized spacial score (nSPS) is 20.1. The van der Waals surface area contributed by atoms with Gasteiger partial charge in [-0.15, -0.1) is 11.3 Å². The van der Waals surface area contributed by atoms with E-state index in [1.54, 1.807) is 11.3 Å². The zero-order valence-electron chi connectivity index (χ0n) is 12.0. The summed E-state index contributed by atoms with van der Waals surface area (Å²) in [5.41, 5.74) is 2.46. The molecule has 1 saturated heterocycles. The van der Waals surface area contributed by atoms with Crippen LogP contribution in [0.3, 0.4) is 0 Å². The molecule has 1 atom stereocenters. The maximum Gasteiger partial charge on any atom is 0.0897 e. The molecular weight excluding hydrogens is 266 g/mol. The molecule has 0 spiro atoms. The minimum Gasteiger partial charge on any atom is -0.294 e. The molecule has 1 aliphatic rings. The zero-order valence-corrected chi connectivity index (χ0v) is 12.8. The van der Waals surface area contributed by atoms with Gasteiger partial charge in [0, 0.05) is 24.5 Å². The molecule has 0 N–H and O–H groups in total. The lowest BCUT2D eigenvalue weighted by molar-refractivity contribution is 0.147. The fourth-order valence-corrected chi connectivity index (χ4v) is 3.59. The molecule has 2 aromatic heterocycles. The predicted molar refractivity (Wildman–Crippen MR) is 83.0 cm³/mol. The number of hydrogen-bond donors (Lipinski definition) is 0. The van der Waals surface area contributed by atoms with Crippen LogP contribution in [0.25, 0.3) is 0 Å². The smallest absolute Gasteiger partial charge is 0.0897 e. The van der Waals surface area contributed by atoms with E-state index in [1.165, 1.54) is 42.2 Å². The second kappa shape index (κ2) is 6.46. The first-order valence-electron chi connectivity index (χ1n) is 7.39. The summed E-state index contributed by atoms with van der Waals surface area (Å²) in [5.74, 6) is 0. The topological polar surface area (TPSA) is 29.0 Å². The van der Waals surface area contributed by atoms with Gasteiger partial charge in [-0.25, -0.2) is 4.98 Å². The summed E-state index contributed by atoms with van der Waals surface area (Å²) in [6.45, 7) is 4.35. The molecule has 0 aromatic carbocycles. The molecule has 20 heavy (non-hydrogen) atoms. The van der Waals surface area contributed by atoms with Crippen molar-refractivity contribution in [2.75, 3.05) is 13.1 Å². The van der Waals surface area contributed by atoms with Crippen LogP contribution < -0.4 is 0 Å². The van der Waals surface area contributed by atoms with Crippen LogP contribution in [0, 0.1) is 6.92 Å².